The molecule has 2 atom stereocenters. The molecule has 1 aliphatic rings. The van der Waals surface area contributed by atoms with Crippen LogP contribution in [0.4, 0.5) is 11.4 Å². The molecule has 0 aromatic carbocycles. The molecule has 1 aliphatic carbocycles. The fraction of sp³-hybridized carbons (Fsp3) is 0.583. The van der Waals surface area contributed by atoms with Crippen molar-refractivity contribution < 1.29 is 4.92 Å². The number of rotatable bonds is 4. The molecule has 19 heavy (non-hydrogen) atoms. The summed E-state index contributed by atoms with van der Waals surface area (Å²) < 4.78 is 0.646. The summed E-state index contributed by atoms with van der Waals surface area (Å²) in [5, 5.41) is 15.0. The van der Waals surface area contributed by atoms with Crippen LogP contribution >= 0.6 is 27.7 Å². The van der Waals surface area contributed by atoms with Crippen LogP contribution < -0.4 is 5.32 Å². The topological polar surface area (TPSA) is 68.1 Å². The smallest absolute Gasteiger partial charge is 0.311 e. The summed E-state index contributed by atoms with van der Waals surface area (Å²) in [5.41, 5.74) is 0.576. The van der Waals surface area contributed by atoms with E-state index in [1.165, 1.54) is 19.0 Å². The quantitative estimate of drug-likeness (QED) is 0.663. The maximum absolute atomic E-state index is 11.0. The van der Waals surface area contributed by atoms with Gasteiger partial charge in [0.15, 0.2) is 0 Å². The number of nitrogens with zero attached hydrogens (tertiary/aromatic N) is 2. The monoisotopic (exact) mass is 345 g/mol. The molecule has 0 spiro atoms. The molecule has 7 heteroatoms. The van der Waals surface area contributed by atoms with E-state index < -0.39 is 4.92 Å². The van der Waals surface area contributed by atoms with Gasteiger partial charge in [0, 0.05) is 17.5 Å². The summed E-state index contributed by atoms with van der Waals surface area (Å²) in [6.45, 7) is 0. The Bertz CT molecular complexity index is 472. The normalized spacial score (nSPS) is 23.1. The van der Waals surface area contributed by atoms with E-state index in [2.05, 4.69) is 32.5 Å². The number of anilines is 1. The fourth-order valence-corrected chi connectivity index (χ4v) is 3.66. The summed E-state index contributed by atoms with van der Waals surface area (Å²) in [6.07, 6.45) is 9.51. The van der Waals surface area contributed by atoms with Gasteiger partial charge in [-0.1, -0.05) is 6.42 Å². The zero-order valence-electron chi connectivity index (χ0n) is 10.6. The molecule has 5 nitrogen and oxygen atoms in total. The van der Waals surface area contributed by atoms with E-state index in [9.17, 15) is 10.1 Å². The summed E-state index contributed by atoms with van der Waals surface area (Å²) in [6, 6.07) is 0.295. The van der Waals surface area contributed by atoms with Crippen molar-refractivity contribution in [3.63, 3.8) is 0 Å². The summed E-state index contributed by atoms with van der Waals surface area (Å²) >= 11 is 5.22. The molecule has 0 amide bonds. The van der Waals surface area contributed by atoms with Gasteiger partial charge in [-0.2, -0.15) is 11.8 Å². The van der Waals surface area contributed by atoms with Crippen LogP contribution in [0.2, 0.25) is 0 Å². The van der Waals surface area contributed by atoms with E-state index in [-0.39, 0.29) is 5.69 Å². The van der Waals surface area contributed by atoms with E-state index >= 15 is 0 Å². The van der Waals surface area contributed by atoms with Gasteiger partial charge >= 0.3 is 5.69 Å². The summed E-state index contributed by atoms with van der Waals surface area (Å²) in [4.78, 5) is 14.5. The number of pyridine rings is 1. The van der Waals surface area contributed by atoms with Crippen LogP contribution in [0.5, 0.6) is 0 Å². The lowest BCUT2D eigenvalue weighted by molar-refractivity contribution is -0.384. The highest BCUT2D eigenvalue weighted by molar-refractivity contribution is 9.10. The lowest BCUT2D eigenvalue weighted by atomic mass is 9.94. The van der Waals surface area contributed by atoms with Crippen molar-refractivity contribution in [1.82, 2.24) is 4.98 Å². The van der Waals surface area contributed by atoms with Gasteiger partial charge < -0.3 is 5.32 Å². The first-order valence-electron chi connectivity index (χ1n) is 6.19. The highest BCUT2D eigenvalue weighted by atomic mass is 79.9. The number of thioether (sulfide) groups is 1. The molecule has 0 aliphatic heterocycles. The first kappa shape index (κ1) is 14.6. The van der Waals surface area contributed by atoms with Gasteiger partial charge in [-0.15, -0.1) is 0 Å². The molecule has 104 valence electrons. The molecule has 1 saturated carbocycles. The van der Waals surface area contributed by atoms with Crippen molar-refractivity contribution in [1.29, 1.82) is 0 Å². The van der Waals surface area contributed by atoms with Crippen molar-refractivity contribution in [3.8, 4) is 0 Å². The third-order valence-corrected chi connectivity index (χ3v) is 5.08. The van der Waals surface area contributed by atoms with Crippen LogP contribution in [-0.4, -0.2) is 27.5 Å². The second-order valence-corrected chi connectivity index (χ2v) is 6.63. The van der Waals surface area contributed by atoms with Gasteiger partial charge in [0.1, 0.15) is 11.9 Å². The first-order chi connectivity index (χ1) is 9.11. The molecular weight excluding hydrogens is 330 g/mol. The van der Waals surface area contributed by atoms with Crippen molar-refractivity contribution in [2.24, 2.45) is 0 Å². The van der Waals surface area contributed by atoms with Gasteiger partial charge in [0.05, 0.1) is 9.40 Å². The lowest BCUT2D eigenvalue weighted by Crippen LogP contribution is -2.29. The van der Waals surface area contributed by atoms with E-state index in [4.69, 9.17) is 0 Å². The third kappa shape index (κ3) is 3.60. The van der Waals surface area contributed by atoms with Crippen LogP contribution in [0.3, 0.4) is 0 Å². The van der Waals surface area contributed by atoms with E-state index in [1.54, 1.807) is 6.20 Å². The molecule has 0 bridgehead atoms. The molecule has 1 heterocycles. The number of nitrogens with one attached hydrogen (secondary N) is 1. The SMILES string of the molecule is CSC1CCCC(Nc2c(Br)cncc2[N+](=O)[O-])C1. The third-order valence-electron chi connectivity index (χ3n) is 3.38. The van der Waals surface area contributed by atoms with Crippen LogP contribution in [0.15, 0.2) is 16.9 Å². The second-order valence-electron chi connectivity index (χ2n) is 4.64. The fourth-order valence-electron chi connectivity index (χ4n) is 2.40. The zero-order valence-corrected chi connectivity index (χ0v) is 13.0. The van der Waals surface area contributed by atoms with Crippen molar-refractivity contribution in [2.75, 3.05) is 11.6 Å². The number of hydrogen-bond acceptors (Lipinski definition) is 5. The zero-order chi connectivity index (χ0) is 13.8. The Morgan fingerprint density at radius 2 is 2.32 bits per heavy atom. The minimum absolute atomic E-state index is 0.0284. The highest BCUT2D eigenvalue weighted by Gasteiger charge is 2.25. The van der Waals surface area contributed by atoms with Crippen molar-refractivity contribution in [2.45, 2.75) is 37.0 Å². The molecule has 1 N–H and O–H groups in total. The number of halogens is 1. The standard InChI is InChI=1S/C12H16BrN3O2S/c1-19-9-4-2-3-8(5-9)15-12-10(13)6-14-7-11(12)16(17)18/h6-9H,2-5H2,1H3,(H,14,15). The van der Waals surface area contributed by atoms with Crippen LogP contribution in [0.1, 0.15) is 25.7 Å². The van der Waals surface area contributed by atoms with Gasteiger partial charge in [-0.3, -0.25) is 15.1 Å². The lowest BCUT2D eigenvalue weighted by Gasteiger charge is -2.29. The number of hydrogen-bond donors (Lipinski definition) is 1. The Hall–Kier alpha value is -0.820. The second kappa shape index (κ2) is 6.56. The average molecular weight is 346 g/mol. The molecule has 1 aromatic rings. The van der Waals surface area contributed by atoms with Crippen LogP contribution in [-0.2, 0) is 0 Å². The Morgan fingerprint density at radius 3 is 3.00 bits per heavy atom. The summed E-state index contributed by atoms with van der Waals surface area (Å²) in [5.74, 6) is 0. The number of aromatic nitrogens is 1. The minimum Gasteiger partial charge on any atom is -0.376 e. The van der Waals surface area contributed by atoms with E-state index in [1.807, 2.05) is 11.8 Å². The highest BCUT2D eigenvalue weighted by Crippen LogP contribution is 2.35. The Balaban J connectivity index is 2.16. The van der Waals surface area contributed by atoms with Crippen molar-refractivity contribution >= 4 is 39.1 Å². The average Bonchev–Trinajstić information content (AvgIpc) is 2.41. The molecular formula is C12H16BrN3O2S. The molecule has 2 unspecified atom stereocenters. The predicted molar refractivity (Wildman–Crippen MR) is 81.8 cm³/mol. The summed E-state index contributed by atoms with van der Waals surface area (Å²) in [7, 11) is 0. The van der Waals surface area contributed by atoms with Crippen molar-refractivity contribution in [3.05, 3.63) is 27.0 Å². The molecule has 2 rings (SSSR count). The Kier molecular flexibility index (Phi) is 5.04. The maximum Gasteiger partial charge on any atom is 0.311 e. The Labute approximate surface area is 124 Å². The predicted octanol–water partition coefficient (Wildman–Crippen LogP) is 3.84. The van der Waals surface area contributed by atoms with Crippen LogP contribution in [0, 0.1) is 10.1 Å². The molecule has 0 saturated heterocycles. The van der Waals surface area contributed by atoms with Gasteiger partial charge in [0.25, 0.3) is 0 Å². The Morgan fingerprint density at radius 1 is 1.53 bits per heavy atom. The first-order valence-corrected chi connectivity index (χ1v) is 8.27. The molecule has 0 radical (unpaired) electrons. The van der Waals surface area contributed by atoms with E-state index in [0.29, 0.717) is 21.5 Å². The van der Waals surface area contributed by atoms with Gasteiger partial charge in [-0.05, 0) is 41.4 Å². The molecule has 1 aromatic heterocycles. The van der Waals surface area contributed by atoms with Gasteiger partial charge in [-0.25, -0.2) is 0 Å². The van der Waals surface area contributed by atoms with E-state index in [0.717, 1.165) is 12.8 Å². The largest absolute Gasteiger partial charge is 0.376 e. The molecule has 1 fully saturated rings. The van der Waals surface area contributed by atoms with Crippen LogP contribution in [0.25, 0.3) is 0 Å². The minimum atomic E-state index is -0.394. The maximum atomic E-state index is 11.0. The number of nitro groups is 1. The van der Waals surface area contributed by atoms with Gasteiger partial charge in [0.2, 0.25) is 0 Å².